The quantitative estimate of drug-likeness (QED) is 0.531. The van der Waals surface area contributed by atoms with E-state index in [1.807, 2.05) is 18.2 Å². The molecule has 2 aromatic rings. The van der Waals surface area contributed by atoms with Gasteiger partial charge in [-0.05, 0) is 17.7 Å². The van der Waals surface area contributed by atoms with E-state index in [1.165, 1.54) is 12.1 Å². The van der Waals surface area contributed by atoms with Crippen molar-refractivity contribution in [3.05, 3.63) is 70.3 Å². The predicted molar refractivity (Wildman–Crippen MR) is 75.8 cm³/mol. The van der Waals surface area contributed by atoms with Crippen LogP contribution in [0.5, 0.6) is 0 Å². The molecule has 1 heterocycles. The lowest BCUT2D eigenvalue weighted by Gasteiger charge is -2.02. The van der Waals surface area contributed by atoms with Crippen LogP contribution in [0.15, 0.2) is 54.6 Å². The average Bonchev–Trinajstić information content (AvgIpc) is 3.29. The van der Waals surface area contributed by atoms with Crippen molar-refractivity contribution in [3.8, 4) is 0 Å². The number of carbonyl (C=O) groups is 1. The number of anilines is 1. The number of nitro benzene ring substituents is 1. The highest BCUT2D eigenvalue weighted by atomic mass is 16.6. The zero-order valence-corrected chi connectivity index (χ0v) is 10.9. The summed E-state index contributed by atoms with van der Waals surface area (Å²) in [6, 6.07) is 15.2. The van der Waals surface area contributed by atoms with Gasteiger partial charge in [0.05, 0.1) is 4.92 Å². The third-order valence-corrected chi connectivity index (χ3v) is 3.20. The molecule has 3 rings (SSSR count). The van der Waals surface area contributed by atoms with E-state index < -0.39 is 17.1 Å². The first-order valence-electron chi connectivity index (χ1n) is 6.41. The first kappa shape index (κ1) is 13.3. The standard InChI is InChI=1S/C15H12N2O4/c18-15(16-11-6-2-1-3-7-11)14-13(21-14)10-5-4-8-12(9-10)17(19)20/h1-9,13-14H,(H,16,18)/t13-,14-/m1/s1. The first-order valence-corrected chi connectivity index (χ1v) is 6.41. The van der Waals surface area contributed by atoms with Gasteiger partial charge < -0.3 is 10.1 Å². The predicted octanol–water partition coefficient (Wildman–Crippen LogP) is 2.67. The van der Waals surface area contributed by atoms with Crippen LogP contribution < -0.4 is 5.32 Å². The van der Waals surface area contributed by atoms with E-state index in [0.29, 0.717) is 11.3 Å². The van der Waals surface area contributed by atoms with E-state index in [0.717, 1.165) is 0 Å². The molecule has 1 fully saturated rings. The lowest BCUT2D eigenvalue weighted by molar-refractivity contribution is -0.384. The molecule has 0 spiro atoms. The normalized spacial score (nSPS) is 19.8. The Bertz CT molecular complexity index is 687. The molecule has 1 saturated heterocycles. The smallest absolute Gasteiger partial charge is 0.269 e. The van der Waals surface area contributed by atoms with Crippen LogP contribution >= 0.6 is 0 Å². The lowest BCUT2D eigenvalue weighted by Crippen LogP contribution is -2.18. The molecule has 1 N–H and O–H groups in total. The second-order valence-electron chi connectivity index (χ2n) is 4.68. The van der Waals surface area contributed by atoms with Crippen LogP contribution in [-0.2, 0) is 9.53 Å². The number of rotatable bonds is 4. The van der Waals surface area contributed by atoms with Gasteiger partial charge in [0.2, 0.25) is 0 Å². The fourth-order valence-electron chi connectivity index (χ4n) is 2.12. The van der Waals surface area contributed by atoms with E-state index in [2.05, 4.69) is 5.32 Å². The molecule has 106 valence electrons. The Labute approximate surface area is 120 Å². The maximum atomic E-state index is 12.0. The molecular formula is C15H12N2O4. The molecule has 21 heavy (non-hydrogen) atoms. The van der Waals surface area contributed by atoms with Gasteiger partial charge in [0.1, 0.15) is 6.10 Å². The molecule has 0 saturated carbocycles. The fourth-order valence-corrected chi connectivity index (χ4v) is 2.12. The van der Waals surface area contributed by atoms with Crippen molar-refractivity contribution in [3.63, 3.8) is 0 Å². The highest BCUT2D eigenvalue weighted by molar-refractivity contribution is 5.96. The number of nitrogens with one attached hydrogen (secondary N) is 1. The number of amides is 1. The molecule has 0 bridgehead atoms. The number of benzene rings is 2. The average molecular weight is 284 g/mol. The van der Waals surface area contributed by atoms with Gasteiger partial charge in [-0.3, -0.25) is 14.9 Å². The highest BCUT2D eigenvalue weighted by Crippen LogP contribution is 2.40. The van der Waals surface area contributed by atoms with Crippen molar-refractivity contribution >= 4 is 17.3 Å². The lowest BCUT2D eigenvalue weighted by atomic mass is 10.1. The molecule has 2 aromatic carbocycles. The monoisotopic (exact) mass is 284 g/mol. The van der Waals surface area contributed by atoms with Gasteiger partial charge in [0.25, 0.3) is 11.6 Å². The summed E-state index contributed by atoms with van der Waals surface area (Å²) in [6.07, 6.45) is -1.03. The second-order valence-corrected chi connectivity index (χ2v) is 4.68. The maximum absolute atomic E-state index is 12.0. The molecule has 0 aromatic heterocycles. The maximum Gasteiger partial charge on any atom is 0.269 e. The number of hydrogen-bond acceptors (Lipinski definition) is 4. The summed E-state index contributed by atoms with van der Waals surface area (Å²) < 4.78 is 5.34. The minimum Gasteiger partial charge on any atom is -0.354 e. The van der Waals surface area contributed by atoms with Crippen LogP contribution in [0.1, 0.15) is 11.7 Å². The molecule has 0 radical (unpaired) electrons. The Morgan fingerprint density at radius 1 is 1.14 bits per heavy atom. The molecule has 0 unspecified atom stereocenters. The van der Waals surface area contributed by atoms with E-state index in [-0.39, 0.29) is 11.6 Å². The molecule has 2 atom stereocenters. The Kier molecular flexibility index (Phi) is 3.37. The Morgan fingerprint density at radius 3 is 2.62 bits per heavy atom. The van der Waals surface area contributed by atoms with Gasteiger partial charge in [0.15, 0.2) is 6.10 Å². The van der Waals surface area contributed by atoms with Gasteiger partial charge in [-0.2, -0.15) is 0 Å². The van der Waals surface area contributed by atoms with E-state index in [4.69, 9.17) is 4.74 Å². The number of non-ortho nitro benzene ring substituents is 1. The van der Waals surface area contributed by atoms with Crippen molar-refractivity contribution in [2.75, 3.05) is 5.32 Å². The van der Waals surface area contributed by atoms with Crippen molar-refractivity contribution in [2.45, 2.75) is 12.2 Å². The van der Waals surface area contributed by atoms with Crippen LogP contribution in [0.25, 0.3) is 0 Å². The third kappa shape index (κ3) is 2.90. The number of nitrogens with zero attached hydrogens (tertiary/aromatic N) is 1. The fraction of sp³-hybridized carbons (Fsp3) is 0.133. The largest absolute Gasteiger partial charge is 0.354 e. The van der Waals surface area contributed by atoms with Gasteiger partial charge in [-0.15, -0.1) is 0 Å². The second kappa shape index (κ2) is 5.34. The molecule has 0 aliphatic carbocycles. The van der Waals surface area contributed by atoms with E-state index >= 15 is 0 Å². The summed E-state index contributed by atoms with van der Waals surface area (Å²) in [5.41, 5.74) is 1.32. The Hall–Kier alpha value is -2.73. The third-order valence-electron chi connectivity index (χ3n) is 3.20. The summed E-state index contributed by atoms with van der Waals surface area (Å²) in [5, 5.41) is 13.5. The summed E-state index contributed by atoms with van der Waals surface area (Å²) in [5.74, 6) is -0.252. The number of ether oxygens (including phenoxy) is 1. The highest BCUT2D eigenvalue weighted by Gasteiger charge is 2.46. The van der Waals surface area contributed by atoms with Crippen LogP contribution in [0, 0.1) is 10.1 Å². The van der Waals surface area contributed by atoms with Crippen LogP contribution in [0.3, 0.4) is 0 Å². The number of para-hydroxylation sites is 1. The summed E-state index contributed by atoms with van der Waals surface area (Å²) in [7, 11) is 0. The minimum absolute atomic E-state index is 0.00906. The molecular weight excluding hydrogens is 272 g/mol. The van der Waals surface area contributed by atoms with Crippen LogP contribution in [0.2, 0.25) is 0 Å². The van der Waals surface area contributed by atoms with E-state index in [9.17, 15) is 14.9 Å². The van der Waals surface area contributed by atoms with Gasteiger partial charge in [0, 0.05) is 17.8 Å². The minimum atomic E-state index is -0.604. The topological polar surface area (TPSA) is 84.8 Å². The van der Waals surface area contributed by atoms with Gasteiger partial charge in [-0.25, -0.2) is 0 Å². The van der Waals surface area contributed by atoms with Crippen molar-refractivity contribution in [2.24, 2.45) is 0 Å². The first-order chi connectivity index (χ1) is 10.1. The number of hydrogen-bond donors (Lipinski definition) is 1. The molecule has 6 nitrogen and oxygen atoms in total. The number of carbonyl (C=O) groups excluding carboxylic acids is 1. The summed E-state index contributed by atoms with van der Waals surface area (Å²) in [4.78, 5) is 22.3. The Morgan fingerprint density at radius 2 is 1.90 bits per heavy atom. The van der Waals surface area contributed by atoms with Crippen molar-refractivity contribution in [1.82, 2.24) is 0 Å². The molecule has 1 aliphatic rings. The van der Waals surface area contributed by atoms with Crippen LogP contribution in [0.4, 0.5) is 11.4 Å². The SMILES string of the molecule is O=C(Nc1ccccc1)[C@@H]1O[C@@H]1c1cccc([N+](=O)[O-])c1. The number of nitro groups is 1. The van der Waals surface area contributed by atoms with E-state index in [1.54, 1.807) is 24.3 Å². The van der Waals surface area contributed by atoms with Crippen molar-refractivity contribution in [1.29, 1.82) is 0 Å². The van der Waals surface area contributed by atoms with Crippen LogP contribution in [-0.4, -0.2) is 16.9 Å². The Balaban J connectivity index is 1.67. The van der Waals surface area contributed by atoms with Gasteiger partial charge in [-0.1, -0.05) is 30.3 Å². The molecule has 1 aliphatic heterocycles. The summed E-state index contributed by atoms with van der Waals surface area (Å²) in [6.45, 7) is 0. The zero-order chi connectivity index (χ0) is 14.8. The van der Waals surface area contributed by atoms with Crippen molar-refractivity contribution < 1.29 is 14.5 Å². The molecule has 6 heteroatoms. The zero-order valence-electron chi connectivity index (χ0n) is 10.9. The molecule has 1 amide bonds. The van der Waals surface area contributed by atoms with Gasteiger partial charge >= 0.3 is 0 Å². The number of epoxide rings is 1. The summed E-state index contributed by atoms with van der Waals surface area (Å²) >= 11 is 0.